The van der Waals surface area contributed by atoms with Crippen LogP contribution in [0.25, 0.3) is 0 Å². The van der Waals surface area contributed by atoms with Crippen LogP contribution in [0.5, 0.6) is 0 Å². The van der Waals surface area contributed by atoms with Gasteiger partial charge < -0.3 is 19.9 Å². The maximum Gasteiger partial charge on any atom is 0.193 e. The minimum Gasteiger partial charge on any atom is -0.387 e. The summed E-state index contributed by atoms with van der Waals surface area (Å²) in [6, 6.07) is 7.70. The van der Waals surface area contributed by atoms with Crippen LogP contribution in [0, 0.1) is 5.82 Å². The molecule has 0 amide bonds. The van der Waals surface area contributed by atoms with Crippen LogP contribution in [0.4, 0.5) is 4.39 Å². The Morgan fingerprint density at radius 1 is 1.40 bits per heavy atom. The van der Waals surface area contributed by atoms with Gasteiger partial charge in [0.15, 0.2) is 5.96 Å². The summed E-state index contributed by atoms with van der Waals surface area (Å²) in [6.07, 6.45) is 1.10. The maximum atomic E-state index is 12.9. The number of aromatic nitrogens is 1. The van der Waals surface area contributed by atoms with Crippen molar-refractivity contribution in [3.05, 3.63) is 58.6 Å². The summed E-state index contributed by atoms with van der Waals surface area (Å²) in [7, 11) is 5.52. The lowest BCUT2D eigenvalue weighted by molar-refractivity contribution is 0.179. The van der Waals surface area contributed by atoms with Gasteiger partial charge in [-0.25, -0.2) is 4.39 Å². The molecule has 0 bridgehead atoms. The van der Waals surface area contributed by atoms with Crippen LogP contribution in [0.1, 0.15) is 17.4 Å². The molecule has 1 atom stereocenters. The molecule has 25 heavy (non-hydrogen) atoms. The van der Waals surface area contributed by atoms with Crippen molar-refractivity contribution in [3.8, 4) is 0 Å². The van der Waals surface area contributed by atoms with Crippen LogP contribution in [-0.2, 0) is 13.6 Å². The number of nitrogens with zero attached hydrogens (tertiary/aromatic N) is 3. The second-order valence-corrected chi connectivity index (χ2v) is 6.05. The number of aliphatic hydroxyl groups is 1. The van der Waals surface area contributed by atoms with Gasteiger partial charge in [-0.05, 0) is 23.8 Å². The zero-order chi connectivity index (χ0) is 17.7. The van der Waals surface area contributed by atoms with E-state index in [0.717, 1.165) is 5.69 Å². The summed E-state index contributed by atoms with van der Waals surface area (Å²) in [6.45, 7) is 0.895. The lowest BCUT2D eigenvalue weighted by atomic mass is 10.1. The van der Waals surface area contributed by atoms with Gasteiger partial charge in [0, 0.05) is 39.6 Å². The molecule has 1 aromatic heterocycles. The molecular formula is C17H23ClFIN4O. The van der Waals surface area contributed by atoms with Crippen molar-refractivity contribution in [2.75, 3.05) is 20.6 Å². The molecule has 1 heterocycles. The summed E-state index contributed by atoms with van der Waals surface area (Å²) in [4.78, 5) is 6.15. The number of aliphatic hydroxyl groups excluding tert-OH is 1. The van der Waals surface area contributed by atoms with Gasteiger partial charge in [0.25, 0.3) is 0 Å². The fraction of sp³-hybridized carbons (Fsp3) is 0.353. The summed E-state index contributed by atoms with van der Waals surface area (Å²) in [5, 5.41) is 14.0. The normalized spacial score (nSPS) is 12.5. The van der Waals surface area contributed by atoms with Gasteiger partial charge in [-0.15, -0.1) is 24.0 Å². The van der Waals surface area contributed by atoms with Gasteiger partial charge in [0.05, 0.1) is 17.7 Å². The topological polar surface area (TPSA) is 52.8 Å². The molecule has 0 fully saturated rings. The second kappa shape index (κ2) is 9.98. The third-order valence-corrected chi connectivity index (χ3v) is 3.96. The van der Waals surface area contributed by atoms with Gasteiger partial charge in [0.2, 0.25) is 0 Å². The van der Waals surface area contributed by atoms with E-state index in [9.17, 15) is 9.50 Å². The fourth-order valence-electron chi connectivity index (χ4n) is 2.42. The van der Waals surface area contributed by atoms with E-state index >= 15 is 0 Å². The molecule has 0 aliphatic heterocycles. The Hall–Kier alpha value is -1.32. The van der Waals surface area contributed by atoms with Crippen molar-refractivity contribution in [1.29, 1.82) is 0 Å². The largest absolute Gasteiger partial charge is 0.387 e. The Labute approximate surface area is 169 Å². The number of halogens is 3. The maximum absolute atomic E-state index is 12.9. The zero-order valence-electron chi connectivity index (χ0n) is 14.4. The van der Waals surface area contributed by atoms with Crippen LogP contribution in [-0.4, -0.2) is 41.2 Å². The molecule has 1 unspecified atom stereocenters. The number of aryl methyl sites for hydroxylation is 1. The van der Waals surface area contributed by atoms with Crippen LogP contribution in [0.2, 0.25) is 5.02 Å². The molecule has 0 saturated heterocycles. The van der Waals surface area contributed by atoms with Crippen molar-refractivity contribution < 1.29 is 9.50 Å². The number of guanidine groups is 1. The van der Waals surface area contributed by atoms with E-state index in [-0.39, 0.29) is 36.3 Å². The second-order valence-electron chi connectivity index (χ2n) is 5.61. The molecule has 0 aliphatic rings. The highest BCUT2D eigenvalue weighted by atomic mass is 127. The molecule has 8 heteroatoms. The fourth-order valence-corrected chi connectivity index (χ4v) is 2.69. The molecule has 5 nitrogen and oxygen atoms in total. The van der Waals surface area contributed by atoms with Crippen molar-refractivity contribution in [2.24, 2.45) is 12.0 Å². The molecule has 0 radical (unpaired) electrons. The Balaban J connectivity index is 0.00000312. The number of aliphatic imine (C=N–C) groups is 1. The minimum absolute atomic E-state index is 0. The van der Waals surface area contributed by atoms with Crippen LogP contribution in [0.15, 0.2) is 41.5 Å². The van der Waals surface area contributed by atoms with E-state index < -0.39 is 6.10 Å². The average Bonchev–Trinajstić information content (AvgIpc) is 2.85. The minimum atomic E-state index is -0.750. The van der Waals surface area contributed by atoms with E-state index in [1.54, 1.807) is 19.2 Å². The highest BCUT2D eigenvalue weighted by Crippen LogP contribution is 2.15. The predicted octanol–water partition coefficient (Wildman–Crippen LogP) is 3.18. The van der Waals surface area contributed by atoms with Crippen molar-refractivity contribution in [3.63, 3.8) is 0 Å². The number of hydrogen-bond acceptors (Lipinski definition) is 2. The van der Waals surface area contributed by atoms with E-state index in [1.165, 1.54) is 12.1 Å². The quantitative estimate of drug-likeness (QED) is 0.393. The first-order chi connectivity index (χ1) is 11.4. The van der Waals surface area contributed by atoms with E-state index in [4.69, 9.17) is 11.6 Å². The molecule has 0 saturated carbocycles. The monoisotopic (exact) mass is 480 g/mol. The number of nitrogens with one attached hydrogen (secondary N) is 1. The molecule has 2 rings (SSSR count). The third kappa shape index (κ3) is 6.16. The average molecular weight is 481 g/mol. The Morgan fingerprint density at radius 3 is 2.56 bits per heavy atom. The Kier molecular flexibility index (Phi) is 8.67. The lowest BCUT2D eigenvalue weighted by Gasteiger charge is -2.23. The molecule has 2 aromatic rings. The highest BCUT2D eigenvalue weighted by molar-refractivity contribution is 14.0. The van der Waals surface area contributed by atoms with Gasteiger partial charge in [-0.1, -0.05) is 23.7 Å². The first kappa shape index (κ1) is 21.7. The standard InChI is InChI=1S/C17H22ClFN4O.HI/c1-20-17(23(3)11-15-8-13(18)10-22(15)2)21-9-16(24)12-4-6-14(19)7-5-12;/h4-8,10,16,24H,9,11H2,1-3H3,(H,20,21);1H. The van der Waals surface area contributed by atoms with Crippen molar-refractivity contribution in [2.45, 2.75) is 12.6 Å². The van der Waals surface area contributed by atoms with E-state index in [0.29, 0.717) is 23.1 Å². The van der Waals surface area contributed by atoms with E-state index in [2.05, 4.69) is 10.3 Å². The highest BCUT2D eigenvalue weighted by Gasteiger charge is 2.12. The first-order valence-corrected chi connectivity index (χ1v) is 7.94. The summed E-state index contributed by atoms with van der Waals surface area (Å²) >= 11 is 6.00. The molecule has 1 aromatic carbocycles. The Bertz CT molecular complexity index is 705. The number of benzene rings is 1. The lowest BCUT2D eigenvalue weighted by Crippen LogP contribution is -2.40. The van der Waals surface area contributed by atoms with E-state index in [1.807, 2.05) is 35.8 Å². The molecule has 2 N–H and O–H groups in total. The van der Waals surface area contributed by atoms with Crippen molar-refractivity contribution in [1.82, 2.24) is 14.8 Å². The first-order valence-electron chi connectivity index (χ1n) is 7.56. The smallest absolute Gasteiger partial charge is 0.193 e. The summed E-state index contributed by atoms with van der Waals surface area (Å²) < 4.78 is 14.9. The predicted molar refractivity (Wildman–Crippen MR) is 110 cm³/mol. The Morgan fingerprint density at radius 2 is 2.04 bits per heavy atom. The molecule has 0 spiro atoms. The molecular weight excluding hydrogens is 458 g/mol. The molecule has 0 aliphatic carbocycles. The van der Waals surface area contributed by atoms with Crippen LogP contribution in [0.3, 0.4) is 0 Å². The van der Waals surface area contributed by atoms with Gasteiger partial charge in [0.1, 0.15) is 5.82 Å². The SMILES string of the molecule is CN=C(NCC(O)c1ccc(F)cc1)N(C)Cc1cc(Cl)cn1C.I. The number of hydrogen-bond donors (Lipinski definition) is 2. The van der Waals surface area contributed by atoms with Crippen molar-refractivity contribution >= 4 is 41.5 Å². The van der Waals surface area contributed by atoms with Gasteiger partial charge in [-0.2, -0.15) is 0 Å². The summed E-state index contributed by atoms with van der Waals surface area (Å²) in [5.74, 6) is 0.323. The number of rotatable bonds is 5. The summed E-state index contributed by atoms with van der Waals surface area (Å²) in [5.41, 5.74) is 1.70. The molecule has 138 valence electrons. The van der Waals surface area contributed by atoms with Gasteiger partial charge >= 0.3 is 0 Å². The van der Waals surface area contributed by atoms with Crippen LogP contribution >= 0.6 is 35.6 Å². The van der Waals surface area contributed by atoms with Gasteiger partial charge in [-0.3, -0.25) is 4.99 Å². The van der Waals surface area contributed by atoms with Crippen LogP contribution < -0.4 is 5.32 Å². The third-order valence-electron chi connectivity index (χ3n) is 3.76. The zero-order valence-corrected chi connectivity index (χ0v) is 17.5.